The SMILES string of the molecule is C=CCn1nnnc1SCC1=C(C(=O)O)N2C(=O)C(NC(=O)/C(=N\Oc3ccccc3)N3CSC(N)=N3)[C@H]2SC1. The Bertz CT molecular complexity index is 1430. The van der Waals surface area contributed by atoms with Crippen molar-refractivity contribution >= 4 is 64.1 Å². The third kappa shape index (κ3) is 5.63. The van der Waals surface area contributed by atoms with Gasteiger partial charge in [0, 0.05) is 11.5 Å². The minimum atomic E-state index is -1.23. The number of nitrogens with two attached hydrogens (primary N) is 1. The Hall–Kier alpha value is -4.03. The molecule has 1 aromatic heterocycles. The van der Waals surface area contributed by atoms with E-state index in [1.165, 1.54) is 49.9 Å². The first-order valence-corrected chi connectivity index (χ1v) is 14.6. The Balaban J connectivity index is 1.30. The number of thioether (sulfide) groups is 3. The number of hydrogen-bond acceptors (Lipinski definition) is 13. The van der Waals surface area contributed by atoms with E-state index in [2.05, 4.69) is 37.7 Å². The number of para-hydroxylation sites is 1. The van der Waals surface area contributed by atoms with E-state index in [4.69, 9.17) is 10.6 Å². The average molecular weight is 603 g/mol. The third-order valence-electron chi connectivity index (χ3n) is 5.70. The van der Waals surface area contributed by atoms with Gasteiger partial charge in [-0.05, 0) is 28.1 Å². The van der Waals surface area contributed by atoms with E-state index in [1.54, 1.807) is 36.4 Å². The summed E-state index contributed by atoms with van der Waals surface area (Å²) in [6.45, 7) is 4.07. The predicted octanol–water partition coefficient (Wildman–Crippen LogP) is 0.318. The maximum Gasteiger partial charge on any atom is 0.352 e. The molecule has 1 aromatic carbocycles. The summed E-state index contributed by atoms with van der Waals surface area (Å²) in [4.78, 5) is 45.2. The Kier molecular flexibility index (Phi) is 8.27. The molecule has 0 radical (unpaired) electrons. The van der Waals surface area contributed by atoms with Gasteiger partial charge in [0.25, 0.3) is 17.6 Å². The lowest BCUT2D eigenvalue weighted by atomic mass is 10.0. The van der Waals surface area contributed by atoms with Crippen molar-refractivity contribution in [3.8, 4) is 5.75 Å². The van der Waals surface area contributed by atoms with E-state index in [0.29, 0.717) is 28.8 Å². The number of carbonyl (C=O) groups is 3. The molecule has 0 aliphatic carbocycles. The van der Waals surface area contributed by atoms with Crippen LogP contribution in [-0.4, -0.2) is 92.8 Å². The number of allylic oxidation sites excluding steroid dienone is 1. The molecule has 40 heavy (non-hydrogen) atoms. The number of carboxylic acid groups (broad SMARTS) is 1. The minimum absolute atomic E-state index is 0.107. The number of benzene rings is 1. The van der Waals surface area contributed by atoms with Gasteiger partial charge in [0.2, 0.25) is 5.16 Å². The maximum absolute atomic E-state index is 13.3. The van der Waals surface area contributed by atoms with Crippen LogP contribution in [0.2, 0.25) is 0 Å². The summed E-state index contributed by atoms with van der Waals surface area (Å²) < 4.78 is 1.54. The third-order valence-corrected chi connectivity index (χ3v) is 8.83. The number of β-lactam (4-membered cyclic amide) rings is 1. The number of oxime groups is 1. The molecule has 4 heterocycles. The fraction of sp³-hybridized carbons (Fsp3) is 0.273. The highest BCUT2D eigenvalue weighted by Gasteiger charge is 2.54. The fourth-order valence-corrected chi connectivity index (χ4v) is 6.85. The summed E-state index contributed by atoms with van der Waals surface area (Å²) in [7, 11) is 0. The second-order valence-corrected chi connectivity index (χ2v) is 11.3. The van der Waals surface area contributed by atoms with E-state index >= 15 is 0 Å². The molecule has 3 aliphatic heterocycles. The predicted molar refractivity (Wildman–Crippen MR) is 149 cm³/mol. The monoisotopic (exact) mass is 602 g/mol. The number of carboxylic acids is 1. The topological polar surface area (TPSA) is 194 Å². The van der Waals surface area contributed by atoms with Crippen LogP contribution in [0.4, 0.5) is 0 Å². The molecule has 18 heteroatoms. The van der Waals surface area contributed by atoms with Gasteiger partial charge in [-0.25, -0.2) is 14.5 Å². The van der Waals surface area contributed by atoms with Crippen molar-refractivity contribution in [2.24, 2.45) is 16.0 Å². The van der Waals surface area contributed by atoms with E-state index in [1.807, 2.05) is 0 Å². The highest BCUT2D eigenvalue weighted by atomic mass is 32.2. The second-order valence-electron chi connectivity index (χ2n) is 8.27. The average Bonchev–Trinajstić information content (AvgIpc) is 3.59. The van der Waals surface area contributed by atoms with Crippen LogP contribution in [-0.2, 0) is 20.9 Å². The molecule has 1 saturated heterocycles. The highest BCUT2D eigenvalue weighted by Crippen LogP contribution is 2.41. The Morgan fingerprint density at radius 3 is 2.85 bits per heavy atom. The standard InChI is InChI=1S/C22H22N10O5S3/c1-2-8-30-22(25-28-29-30)39-10-12-9-38-19-14(18(34)32(19)15(12)20(35)36)24-17(33)16(31-11-40-21(23)26-31)27-37-13-6-4-3-5-7-13/h2-7,14,19H,1,8-11H2,(H2,23,26)(H,24,33)(H,35,36)/b27-16+/t14?,19-/m1/s1. The summed E-state index contributed by atoms with van der Waals surface area (Å²) in [6.07, 6.45) is 1.64. The first-order chi connectivity index (χ1) is 19.4. The largest absolute Gasteiger partial charge is 0.477 e. The number of nitrogens with zero attached hydrogens (tertiary/aromatic N) is 8. The van der Waals surface area contributed by atoms with Gasteiger partial charge in [-0.15, -0.1) is 28.5 Å². The van der Waals surface area contributed by atoms with Crippen LogP contribution in [0.1, 0.15) is 0 Å². The number of amides is 2. The van der Waals surface area contributed by atoms with Gasteiger partial charge in [-0.2, -0.15) is 0 Å². The number of fused-ring (bicyclic) bond motifs is 1. The van der Waals surface area contributed by atoms with Gasteiger partial charge in [0.1, 0.15) is 17.1 Å². The highest BCUT2D eigenvalue weighted by molar-refractivity contribution is 8.14. The second kappa shape index (κ2) is 12.0. The van der Waals surface area contributed by atoms with Crippen LogP contribution in [0.5, 0.6) is 5.75 Å². The number of aromatic nitrogens is 4. The summed E-state index contributed by atoms with van der Waals surface area (Å²) in [6, 6.07) is 7.65. The van der Waals surface area contributed by atoms with E-state index in [0.717, 1.165) is 0 Å². The number of rotatable bonds is 9. The normalized spacial score (nSPS) is 20.6. The van der Waals surface area contributed by atoms with Crippen molar-refractivity contribution in [2.45, 2.75) is 23.1 Å². The van der Waals surface area contributed by atoms with E-state index < -0.39 is 29.2 Å². The minimum Gasteiger partial charge on any atom is -0.477 e. The molecule has 0 bridgehead atoms. The van der Waals surface area contributed by atoms with Crippen LogP contribution in [0, 0.1) is 0 Å². The quantitative estimate of drug-likeness (QED) is 0.0888. The number of nitrogens with one attached hydrogen (secondary N) is 1. The summed E-state index contributed by atoms with van der Waals surface area (Å²) in [5, 5.41) is 33.5. The number of tetrazole rings is 1. The van der Waals surface area contributed by atoms with Gasteiger partial charge in [-0.3, -0.25) is 14.5 Å². The van der Waals surface area contributed by atoms with Crippen molar-refractivity contribution in [1.29, 1.82) is 0 Å². The number of aliphatic carboxylic acids is 1. The van der Waals surface area contributed by atoms with Crippen LogP contribution < -0.4 is 15.9 Å². The fourth-order valence-electron chi connectivity index (χ4n) is 3.88. The number of hydrogen-bond donors (Lipinski definition) is 3. The molecule has 2 amide bonds. The Morgan fingerprint density at radius 2 is 2.15 bits per heavy atom. The van der Waals surface area contributed by atoms with Crippen LogP contribution in [0.25, 0.3) is 0 Å². The number of carbonyl (C=O) groups excluding carboxylic acids is 2. The van der Waals surface area contributed by atoms with Gasteiger partial charge in [0.05, 0.1) is 12.4 Å². The van der Waals surface area contributed by atoms with E-state index in [9.17, 15) is 19.5 Å². The molecule has 208 valence electrons. The van der Waals surface area contributed by atoms with Crippen LogP contribution in [0.3, 0.4) is 0 Å². The summed E-state index contributed by atoms with van der Waals surface area (Å²) in [5.74, 6) is -1.49. The van der Waals surface area contributed by atoms with Crippen molar-refractivity contribution in [3.05, 3.63) is 54.3 Å². The molecule has 1 fully saturated rings. The Labute approximate surface area is 239 Å². The summed E-state index contributed by atoms with van der Waals surface area (Å²) in [5.41, 5.74) is 6.19. The van der Waals surface area contributed by atoms with E-state index in [-0.39, 0.29) is 28.3 Å². The molecule has 5 rings (SSSR count). The zero-order valence-electron chi connectivity index (χ0n) is 20.6. The zero-order valence-corrected chi connectivity index (χ0v) is 23.1. The zero-order chi connectivity index (χ0) is 28.2. The van der Waals surface area contributed by atoms with Crippen molar-refractivity contribution in [2.75, 3.05) is 17.4 Å². The molecular weight excluding hydrogens is 581 g/mol. The first kappa shape index (κ1) is 27.5. The number of hydrazone groups is 1. The smallest absolute Gasteiger partial charge is 0.352 e. The van der Waals surface area contributed by atoms with Gasteiger partial charge in [-0.1, -0.05) is 53.0 Å². The molecule has 15 nitrogen and oxygen atoms in total. The molecular formula is C22H22N10O5S3. The maximum atomic E-state index is 13.3. The molecule has 0 saturated carbocycles. The lowest BCUT2D eigenvalue weighted by Gasteiger charge is -2.49. The first-order valence-electron chi connectivity index (χ1n) is 11.6. The van der Waals surface area contributed by atoms with Crippen molar-refractivity contribution in [1.82, 2.24) is 35.4 Å². The van der Waals surface area contributed by atoms with Gasteiger partial charge in [0.15, 0.2) is 10.9 Å². The summed E-state index contributed by atoms with van der Waals surface area (Å²) >= 11 is 3.81. The lowest BCUT2D eigenvalue weighted by molar-refractivity contribution is -0.150. The van der Waals surface area contributed by atoms with Crippen molar-refractivity contribution < 1.29 is 24.3 Å². The molecule has 2 atom stereocenters. The van der Waals surface area contributed by atoms with Crippen LogP contribution in [0.15, 0.2) is 69.7 Å². The Morgan fingerprint density at radius 1 is 1.35 bits per heavy atom. The van der Waals surface area contributed by atoms with Gasteiger partial charge < -0.3 is 21.0 Å². The van der Waals surface area contributed by atoms with Crippen LogP contribution >= 0.6 is 35.3 Å². The van der Waals surface area contributed by atoms with Crippen molar-refractivity contribution in [3.63, 3.8) is 0 Å². The molecule has 0 spiro atoms. The molecule has 1 unspecified atom stereocenters. The molecule has 3 aliphatic rings. The number of amidine groups is 2. The van der Waals surface area contributed by atoms with Gasteiger partial charge >= 0.3 is 5.97 Å². The molecule has 2 aromatic rings. The lowest BCUT2D eigenvalue weighted by Crippen LogP contribution is -2.71. The molecule has 4 N–H and O–H groups in total.